The fourth-order valence-corrected chi connectivity index (χ4v) is 2.90. The number of halogens is 1. The predicted molar refractivity (Wildman–Crippen MR) is 94.8 cm³/mol. The standard InChI is InChI=1S/C20H31FO3/c1-12(2)15-9-14(11-23-8)19(21)18(13(3)4)16(15)10-17(22)24-20(5,6)7/h9,12-13H,10-11H2,1-8H3. The van der Waals surface area contributed by atoms with E-state index in [4.69, 9.17) is 9.47 Å². The number of hydrogen-bond acceptors (Lipinski definition) is 3. The van der Waals surface area contributed by atoms with Crippen LogP contribution in [0.25, 0.3) is 0 Å². The zero-order valence-corrected chi connectivity index (χ0v) is 16.2. The van der Waals surface area contributed by atoms with E-state index >= 15 is 0 Å². The fourth-order valence-electron chi connectivity index (χ4n) is 2.90. The Balaban J connectivity index is 3.44. The summed E-state index contributed by atoms with van der Waals surface area (Å²) in [6, 6.07) is 1.83. The van der Waals surface area contributed by atoms with Gasteiger partial charge in [0.15, 0.2) is 0 Å². The number of benzene rings is 1. The summed E-state index contributed by atoms with van der Waals surface area (Å²) in [5.41, 5.74) is 2.32. The molecule has 1 aromatic rings. The van der Waals surface area contributed by atoms with Crippen LogP contribution in [0.3, 0.4) is 0 Å². The molecule has 0 N–H and O–H groups in total. The van der Waals surface area contributed by atoms with E-state index in [0.717, 1.165) is 11.1 Å². The van der Waals surface area contributed by atoms with Gasteiger partial charge in [-0.3, -0.25) is 4.79 Å². The molecule has 1 aromatic carbocycles. The quantitative estimate of drug-likeness (QED) is 0.677. The van der Waals surface area contributed by atoms with Crippen molar-refractivity contribution in [2.75, 3.05) is 7.11 Å². The minimum Gasteiger partial charge on any atom is -0.460 e. The van der Waals surface area contributed by atoms with Gasteiger partial charge in [0.25, 0.3) is 0 Å². The Kier molecular flexibility index (Phi) is 6.97. The third-order valence-corrected chi connectivity index (χ3v) is 3.76. The Morgan fingerprint density at radius 1 is 1.17 bits per heavy atom. The summed E-state index contributed by atoms with van der Waals surface area (Å²) in [7, 11) is 1.55. The second kappa shape index (κ2) is 8.11. The molecule has 0 saturated carbocycles. The summed E-state index contributed by atoms with van der Waals surface area (Å²) in [5.74, 6) is -0.451. The van der Waals surface area contributed by atoms with Gasteiger partial charge in [-0.05, 0) is 55.4 Å². The van der Waals surface area contributed by atoms with Gasteiger partial charge in [-0.2, -0.15) is 0 Å². The Hall–Kier alpha value is -1.42. The summed E-state index contributed by atoms with van der Waals surface area (Å²) in [5, 5.41) is 0. The summed E-state index contributed by atoms with van der Waals surface area (Å²) in [6.45, 7) is 13.7. The molecule has 136 valence electrons. The summed E-state index contributed by atoms with van der Waals surface area (Å²) < 4.78 is 25.5. The van der Waals surface area contributed by atoms with E-state index in [1.54, 1.807) is 7.11 Å². The van der Waals surface area contributed by atoms with Gasteiger partial charge in [0.1, 0.15) is 11.4 Å². The van der Waals surface area contributed by atoms with Crippen LogP contribution in [0.4, 0.5) is 4.39 Å². The Morgan fingerprint density at radius 2 is 1.75 bits per heavy atom. The van der Waals surface area contributed by atoms with E-state index in [-0.39, 0.29) is 36.7 Å². The monoisotopic (exact) mass is 338 g/mol. The maximum absolute atomic E-state index is 15.0. The maximum Gasteiger partial charge on any atom is 0.310 e. The molecule has 3 nitrogen and oxygen atoms in total. The molecule has 0 aromatic heterocycles. The second-order valence-electron chi connectivity index (χ2n) is 7.84. The second-order valence-corrected chi connectivity index (χ2v) is 7.84. The molecular weight excluding hydrogens is 307 g/mol. The summed E-state index contributed by atoms with van der Waals surface area (Å²) in [6.07, 6.45) is 0.0858. The van der Waals surface area contributed by atoms with Crippen LogP contribution in [0.5, 0.6) is 0 Å². The predicted octanol–water partition coefficient (Wildman–Crippen LogP) is 5.10. The van der Waals surface area contributed by atoms with Gasteiger partial charge < -0.3 is 9.47 Å². The lowest BCUT2D eigenvalue weighted by molar-refractivity contribution is -0.153. The van der Waals surface area contributed by atoms with Crippen molar-refractivity contribution in [1.29, 1.82) is 0 Å². The van der Waals surface area contributed by atoms with E-state index in [0.29, 0.717) is 11.1 Å². The van der Waals surface area contributed by atoms with Gasteiger partial charge in [-0.1, -0.05) is 27.7 Å². The molecule has 0 bridgehead atoms. The first-order valence-corrected chi connectivity index (χ1v) is 8.52. The number of hydrogen-bond donors (Lipinski definition) is 0. The van der Waals surface area contributed by atoms with Crippen LogP contribution in [-0.4, -0.2) is 18.7 Å². The fraction of sp³-hybridized carbons (Fsp3) is 0.650. The highest BCUT2D eigenvalue weighted by Gasteiger charge is 2.25. The Morgan fingerprint density at radius 3 is 2.17 bits per heavy atom. The van der Waals surface area contributed by atoms with Crippen molar-refractivity contribution >= 4 is 5.97 Å². The molecule has 4 heteroatoms. The highest BCUT2D eigenvalue weighted by atomic mass is 19.1. The lowest BCUT2D eigenvalue weighted by Crippen LogP contribution is -2.26. The normalized spacial score (nSPS) is 12.1. The SMILES string of the molecule is COCc1cc(C(C)C)c(CC(=O)OC(C)(C)C)c(C(C)C)c1F. The van der Waals surface area contributed by atoms with Crippen molar-refractivity contribution in [2.24, 2.45) is 0 Å². The average Bonchev–Trinajstić information content (AvgIpc) is 2.38. The van der Waals surface area contributed by atoms with Crippen molar-refractivity contribution in [3.63, 3.8) is 0 Å². The molecule has 0 amide bonds. The minimum atomic E-state index is -0.554. The van der Waals surface area contributed by atoms with E-state index in [2.05, 4.69) is 0 Å². The van der Waals surface area contributed by atoms with Crippen LogP contribution in [0.2, 0.25) is 0 Å². The van der Waals surface area contributed by atoms with Crippen molar-refractivity contribution in [2.45, 2.75) is 78.9 Å². The minimum absolute atomic E-state index is 0.0308. The van der Waals surface area contributed by atoms with Crippen LogP contribution >= 0.6 is 0 Å². The first-order valence-electron chi connectivity index (χ1n) is 8.52. The maximum atomic E-state index is 15.0. The number of carbonyl (C=O) groups is 1. The van der Waals surface area contributed by atoms with E-state index < -0.39 is 5.60 Å². The molecule has 0 saturated heterocycles. The summed E-state index contributed by atoms with van der Waals surface area (Å²) >= 11 is 0. The molecule has 0 radical (unpaired) electrons. The van der Waals surface area contributed by atoms with Gasteiger partial charge >= 0.3 is 5.97 Å². The smallest absolute Gasteiger partial charge is 0.310 e. The highest BCUT2D eigenvalue weighted by Crippen LogP contribution is 2.33. The van der Waals surface area contributed by atoms with Crippen LogP contribution in [0.1, 0.15) is 82.6 Å². The van der Waals surface area contributed by atoms with Gasteiger partial charge in [-0.15, -0.1) is 0 Å². The number of esters is 1. The topological polar surface area (TPSA) is 35.5 Å². The molecule has 0 fully saturated rings. The lowest BCUT2D eigenvalue weighted by Gasteiger charge is -2.24. The third-order valence-electron chi connectivity index (χ3n) is 3.76. The Bertz CT molecular complexity index is 584. The zero-order valence-electron chi connectivity index (χ0n) is 16.2. The molecule has 0 heterocycles. The molecule has 0 unspecified atom stereocenters. The first-order chi connectivity index (χ1) is 11.0. The van der Waals surface area contributed by atoms with Crippen molar-refractivity contribution in [3.8, 4) is 0 Å². The van der Waals surface area contributed by atoms with Crippen LogP contribution in [0.15, 0.2) is 6.07 Å². The van der Waals surface area contributed by atoms with Crippen molar-refractivity contribution in [1.82, 2.24) is 0 Å². The molecule has 0 atom stereocenters. The van der Waals surface area contributed by atoms with E-state index in [1.807, 2.05) is 54.5 Å². The number of carbonyl (C=O) groups excluding carboxylic acids is 1. The van der Waals surface area contributed by atoms with Gasteiger partial charge in [0.05, 0.1) is 13.0 Å². The van der Waals surface area contributed by atoms with Crippen LogP contribution in [0, 0.1) is 5.82 Å². The number of ether oxygens (including phenoxy) is 2. The van der Waals surface area contributed by atoms with Gasteiger partial charge in [-0.25, -0.2) is 4.39 Å². The molecule has 0 spiro atoms. The third kappa shape index (κ3) is 5.30. The van der Waals surface area contributed by atoms with Crippen molar-refractivity contribution < 1.29 is 18.7 Å². The first kappa shape index (κ1) is 20.6. The Labute approximate surface area is 145 Å². The lowest BCUT2D eigenvalue weighted by atomic mass is 9.84. The van der Waals surface area contributed by atoms with E-state index in [9.17, 15) is 9.18 Å². The zero-order chi connectivity index (χ0) is 18.7. The van der Waals surface area contributed by atoms with E-state index in [1.165, 1.54) is 0 Å². The van der Waals surface area contributed by atoms with Gasteiger partial charge in [0, 0.05) is 12.7 Å². The molecule has 24 heavy (non-hydrogen) atoms. The number of methoxy groups -OCH3 is 1. The largest absolute Gasteiger partial charge is 0.460 e. The van der Waals surface area contributed by atoms with Crippen molar-refractivity contribution in [3.05, 3.63) is 34.1 Å². The molecule has 0 aliphatic heterocycles. The van der Waals surface area contributed by atoms with Gasteiger partial charge in [0.2, 0.25) is 0 Å². The number of rotatable bonds is 6. The highest BCUT2D eigenvalue weighted by molar-refractivity contribution is 5.74. The summed E-state index contributed by atoms with van der Waals surface area (Å²) in [4.78, 5) is 12.3. The van der Waals surface area contributed by atoms with Crippen LogP contribution in [-0.2, 0) is 27.3 Å². The molecule has 0 aliphatic rings. The average molecular weight is 338 g/mol. The molecule has 0 aliphatic carbocycles. The molecular formula is C20H31FO3. The molecule has 1 rings (SSSR count). The van der Waals surface area contributed by atoms with Crippen LogP contribution < -0.4 is 0 Å².